The molecular weight excluding hydrogens is 398 g/mol. The molecule has 1 fully saturated rings. The number of carbonyl (C=O) groups is 2. The number of nitrogens with two attached hydrogens (primary N) is 1. The van der Waals surface area contributed by atoms with Gasteiger partial charge in [-0.15, -0.1) is 0 Å². The number of ether oxygens (including phenoxy) is 2. The standard InChI is InChI=1S/C20H30ClN3O5/c1-28-17-12-16(22)15(21)11-14(17)20(27)23-13-7-9-24(18(10-13)29-2)8-5-3-4-6-19(25)26/h11-13,18H,3-10,22H2,1-2H3,(H,23,27)(H,25,26)/t13-,18?/m1/s1. The van der Waals surface area contributed by atoms with Gasteiger partial charge in [0.05, 0.1) is 23.4 Å². The first-order chi connectivity index (χ1) is 13.8. The van der Waals surface area contributed by atoms with Gasteiger partial charge in [-0.25, -0.2) is 0 Å². The summed E-state index contributed by atoms with van der Waals surface area (Å²) < 4.78 is 10.9. The molecule has 1 saturated heterocycles. The number of carboxylic acid groups (broad SMARTS) is 1. The number of anilines is 1. The van der Waals surface area contributed by atoms with E-state index in [0.717, 1.165) is 32.4 Å². The summed E-state index contributed by atoms with van der Waals surface area (Å²) in [6.07, 6.45) is 4.06. The first-order valence-corrected chi connectivity index (χ1v) is 10.2. The van der Waals surface area contributed by atoms with Crippen molar-refractivity contribution in [3.63, 3.8) is 0 Å². The van der Waals surface area contributed by atoms with Crippen LogP contribution in [0.4, 0.5) is 5.69 Å². The highest BCUT2D eigenvalue weighted by atomic mass is 35.5. The van der Waals surface area contributed by atoms with Gasteiger partial charge in [0.25, 0.3) is 5.91 Å². The van der Waals surface area contributed by atoms with E-state index in [1.54, 1.807) is 13.2 Å². The van der Waals surface area contributed by atoms with Crippen molar-refractivity contribution in [3.05, 3.63) is 22.7 Å². The number of hydrogen-bond acceptors (Lipinski definition) is 6. The number of halogens is 1. The first kappa shape index (κ1) is 23.3. The number of likely N-dealkylation sites (tertiary alicyclic amines) is 1. The number of piperidine rings is 1. The van der Waals surface area contributed by atoms with Crippen LogP contribution in [0.3, 0.4) is 0 Å². The summed E-state index contributed by atoms with van der Waals surface area (Å²) in [5.74, 6) is -0.632. The van der Waals surface area contributed by atoms with Gasteiger partial charge < -0.3 is 25.6 Å². The van der Waals surface area contributed by atoms with Crippen LogP contribution in [-0.2, 0) is 9.53 Å². The van der Waals surface area contributed by atoms with E-state index in [2.05, 4.69) is 10.2 Å². The minimum absolute atomic E-state index is 0.0308. The predicted molar refractivity (Wildman–Crippen MR) is 111 cm³/mol. The van der Waals surface area contributed by atoms with E-state index in [4.69, 9.17) is 31.9 Å². The van der Waals surface area contributed by atoms with E-state index in [1.807, 2.05) is 0 Å². The molecule has 1 aliphatic rings. The third kappa shape index (κ3) is 6.76. The molecule has 0 aromatic heterocycles. The van der Waals surface area contributed by atoms with Crippen molar-refractivity contribution in [2.24, 2.45) is 0 Å². The Morgan fingerprint density at radius 1 is 1.31 bits per heavy atom. The summed E-state index contributed by atoms with van der Waals surface area (Å²) in [7, 11) is 3.14. The Labute approximate surface area is 176 Å². The van der Waals surface area contributed by atoms with Gasteiger partial charge in [0, 0.05) is 45.1 Å². The van der Waals surface area contributed by atoms with Crippen LogP contribution < -0.4 is 15.8 Å². The number of nitrogen functional groups attached to an aromatic ring is 1. The number of carboxylic acids is 1. The molecule has 1 heterocycles. The van der Waals surface area contributed by atoms with Gasteiger partial charge in [0.1, 0.15) is 12.0 Å². The van der Waals surface area contributed by atoms with Crippen LogP contribution in [0.2, 0.25) is 5.02 Å². The van der Waals surface area contributed by atoms with Gasteiger partial charge in [-0.1, -0.05) is 18.0 Å². The van der Waals surface area contributed by atoms with E-state index in [1.165, 1.54) is 13.2 Å². The normalized spacial score (nSPS) is 19.7. The molecule has 2 atom stereocenters. The van der Waals surface area contributed by atoms with Crippen LogP contribution >= 0.6 is 11.6 Å². The van der Waals surface area contributed by atoms with Crippen LogP contribution in [0.15, 0.2) is 12.1 Å². The number of rotatable bonds is 10. The molecule has 162 valence electrons. The van der Waals surface area contributed by atoms with Crippen molar-refractivity contribution in [1.29, 1.82) is 0 Å². The highest BCUT2D eigenvalue weighted by Gasteiger charge is 2.29. The molecule has 0 aliphatic carbocycles. The van der Waals surface area contributed by atoms with Gasteiger partial charge in [-0.2, -0.15) is 0 Å². The fraction of sp³-hybridized carbons (Fsp3) is 0.600. The molecule has 1 amide bonds. The maximum Gasteiger partial charge on any atom is 0.303 e. The highest BCUT2D eigenvalue weighted by Crippen LogP contribution is 2.29. The molecule has 0 bridgehead atoms. The molecule has 29 heavy (non-hydrogen) atoms. The molecule has 0 radical (unpaired) electrons. The molecule has 8 nitrogen and oxygen atoms in total. The lowest BCUT2D eigenvalue weighted by Gasteiger charge is -2.38. The van der Waals surface area contributed by atoms with Crippen LogP contribution in [-0.4, -0.2) is 61.5 Å². The van der Waals surface area contributed by atoms with E-state index in [9.17, 15) is 9.59 Å². The maximum atomic E-state index is 12.7. The van der Waals surface area contributed by atoms with E-state index in [0.29, 0.717) is 34.9 Å². The summed E-state index contributed by atoms with van der Waals surface area (Å²) in [6.45, 7) is 1.64. The van der Waals surface area contributed by atoms with Crippen molar-refractivity contribution < 1.29 is 24.2 Å². The molecule has 9 heteroatoms. The number of amides is 1. The molecule has 0 spiro atoms. The fourth-order valence-electron chi connectivity index (χ4n) is 3.55. The molecule has 1 aromatic rings. The molecule has 1 aromatic carbocycles. The number of methoxy groups -OCH3 is 2. The SMILES string of the molecule is COc1cc(N)c(Cl)cc1C(=O)N[C@@H]1CCN(CCCCCC(=O)O)C(OC)C1. The predicted octanol–water partition coefficient (Wildman–Crippen LogP) is 2.74. The molecular formula is C20H30ClN3O5. The van der Waals surface area contributed by atoms with Crippen molar-refractivity contribution >= 4 is 29.2 Å². The van der Waals surface area contributed by atoms with Crippen molar-refractivity contribution in [2.75, 3.05) is 33.0 Å². The van der Waals surface area contributed by atoms with E-state index >= 15 is 0 Å². The van der Waals surface area contributed by atoms with Gasteiger partial charge >= 0.3 is 5.97 Å². The van der Waals surface area contributed by atoms with Crippen molar-refractivity contribution in [2.45, 2.75) is 50.8 Å². The maximum absolute atomic E-state index is 12.7. The molecule has 4 N–H and O–H groups in total. The summed E-state index contributed by atoms with van der Waals surface area (Å²) in [5, 5.41) is 12.0. The monoisotopic (exact) mass is 427 g/mol. The lowest BCUT2D eigenvalue weighted by atomic mass is 10.0. The van der Waals surface area contributed by atoms with Gasteiger partial charge in [0.2, 0.25) is 0 Å². The summed E-state index contributed by atoms with van der Waals surface area (Å²) in [5.41, 5.74) is 6.49. The van der Waals surface area contributed by atoms with Crippen molar-refractivity contribution in [1.82, 2.24) is 10.2 Å². The Balaban J connectivity index is 1.88. The average Bonchev–Trinajstić information content (AvgIpc) is 2.69. The number of hydrogen-bond donors (Lipinski definition) is 3. The zero-order valence-electron chi connectivity index (χ0n) is 16.9. The topological polar surface area (TPSA) is 114 Å². The second-order valence-electron chi connectivity index (χ2n) is 7.20. The second kappa shape index (κ2) is 11.2. The Bertz CT molecular complexity index is 716. The molecule has 1 aliphatic heterocycles. The molecule has 0 saturated carbocycles. The Morgan fingerprint density at radius 2 is 2.07 bits per heavy atom. The van der Waals surface area contributed by atoms with Crippen LogP contribution in [0, 0.1) is 0 Å². The van der Waals surface area contributed by atoms with E-state index < -0.39 is 5.97 Å². The average molecular weight is 428 g/mol. The number of carbonyl (C=O) groups excluding carboxylic acids is 1. The first-order valence-electron chi connectivity index (χ1n) is 9.78. The number of nitrogens with zero attached hydrogens (tertiary/aromatic N) is 1. The fourth-order valence-corrected chi connectivity index (χ4v) is 3.72. The zero-order valence-corrected chi connectivity index (χ0v) is 17.7. The third-order valence-corrected chi connectivity index (χ3v) is 5.49. The smallest absolute Gasteiger partial charge is 0.303 e. The summed E-state index contributed by atoms with van der Waals surface area (Å²) >= 11 is 6.06. The number of aliphatic carboxylic acids is 1. The second-order valence-corrected chi connectivity index (χ2v) is 7.61. The van der Waals surface area contributed by atoms with Gasteiger partial charge in [-0.3, -0.25) is 14.5 Å². The summed E-state index contributed by atoms with van der Waals surface area (Å²) in [4.78, 5) is 25.6. The Kier molecular flexibility index (Phi) is 9.00. The molecule has 2 rings (SSSR count). The van der Waals surface area contributed by atoms with Crippen molar-refractivity contribution in [3.8, 4) is 5.75 Å². The Hall–Kier alpha value is -2.03. The summed E-state index contributed by atoms with van der Waals surface area (Å²) in [6, 6.07) is 3.03. The number of unbranched alkanes of at least 4 members (excludes halogenated alkanes) is 2. The lowest BCUT2D eigenvalue weighted by Crippen LogP contribution is -2.50. The largest absolute Gasteiger partial charge is 0.496 e. The molecule has 1 unspecified atom stereocenters. The van der Waals surface area contributed by atoms with Gasteiger partial charge in [0.15, 0.2) is 0 Å². The number of benzene rings is 1. The Morgan fingerprint density at radius 3 is 2.72 bits per heavy atom. The van der Waals surface area contributed by atoms with Crippen LogP contribution in [0.25, 0.3) is 0 Å². The zero-order chi connectivity index (χ0) is 21.4. The lowest BCUT2D eigenvalue weighted by molar-refractivity contribution is -0.137. The highest BCUT2D eigenvalue weighted by molar-refractivity contribution is 6.33. The number of nitrogens with one attached hydrogen (secondary N) is 1. The minimum atomic E-state index is -0.754. The third-order valence-electron chi connectivity index (χ3n) is 5.16. The van der Waals surface area contributed by atoms with Crippen LogP contribution in [0.1, 0.15) is 48.9 Å². The quantitative estimate of drug-likeness (QED) is 0.388. The van der Waals surface area contributed by atoms with Gasteiger partial charge in [-0.05, 0) is 25.3 Å². The minimum Gasteiger partial charge on any atom is -0.496 e. The van der Waals surface area contributed by atoms with E-state index in [-0.39, 0.29) is 24.6 Å². The van der Waals surface area contributed by atoms with Crippen LogP contribution in [0.5, 0.6) is 5.75 Å².